The van der Waals surface area contributed by atoms with Gasteiger partial charge in [0.1, 0.15) is 0 Å². The zero-order valence-electron chi connectivity index (χ0n) is 12.8. The second-order valence-corrected chi connectivity index (χ2v) is 7.43. The smallest absolute Gasteiger partial charge is 0.0416 e. The number of piperidine rings is 1. The molecule has 1 aliphatic heterocycles. The maximum atomic E-state index is 3.46. The van der Waals surface area contributed by atoms with E-state index in [2.05, 4.69) is 50.0 Å². The molecule has 0 bridgehead atoms. The number of nitrogens with one attached hydrogen (secondary N) is 1. The van der Waals surface area contributed by atoms with Crippen molar-refractivity contribution in [1.29, 1.82) is 0 Å². The van der Waals surface area contributed by atoms with Gasteiger partial charge < -0.3 is 5.32 Å². The molecule has 108 valence electrons. The Balaban J connectivity index is 2.02. The van der Waals surface area contributed by atoms with Crippen LogP contribution in [0, 0.1) is 12.8 Å². The zero-order valence-corrected chi connectivity index (χ0v) is 13.6. The maximum absolute atomic E-state index is 3.46. The summed E-state index contributed by atoms with van der Waals surface area (Å²) in [4.78, 5) is 5.62. The van der Waals surface area contributed by atoms with E-state index in [9.17, 15) is 0 Å². The van der Waals surface area contributed by atoms with Gasteiger partial charge in [-0.15, -0.1) is 11.3 Å². The largest absolute Gasteiger partial charge is 0.317 e. The third-order valence-corrected chi connectivity index (χ3v) is 5.43. The number of thiophene rings is 1. The van der Waals surface area contributed by atoms with E-state index < -0.39 is 0 Å². The van der Waals surface area contributed by atoms with Crippen molar-refractivity contribution in [2.45, 2.75) is 52.6 Å². The monoisotopic (exact) mass is 280 g/mol. The van der Waals surface area contributed by atoms with E-state index in [1.807, 2.05) is 11.3 Å². The summed E-state index contributed by atoms with van der Waals surface area (Å²) in [7, 11) is 0. The SMILES string of the molecule is Cc1ccc(C(C)N(CC2CCNCC2)C(C)C)s1. The summed E-state index contributed by atoms with van der Waals surface area (Å²) in [6, 6.07) is 5.73. The van der Waals surface area contributed by atoms with Crippen LogP contribution in [0.2, 0.25) is 0 Å². The van der Waals surface area contributed by atoms with Crippen LogP contribution in [0.1, 0.15) is 49.4 Å². The summed E-state index contributed by atoms with van der Waals surface area (Å²) >= 11 is 1.95. The Morgan fingerprint density at radius 3 is 2.47 bits per heavy atom. The van der Waals surface area contributed by atoms with Crippen LogP contribution < -0.4 is 5.32 Å². The topological polar surface area (TPSA) is 15.3 Å². The van der Waals surface area contributed by atoms with Gasteiger partial charge in [0, 0.05) is 28.4 Å². The van der Waals surface area contributed by atoms with Gasteiger partial charge in [-0.1, -0.05) is 0 Å². The Morgan fingerprint density at radius 1 is 1.26 bits per heavy atom. The van der Waals surface area contributed by atoms with Gasteiger partial charge in [-0.25, -0.2) is 0 Å². The molecule has 1 aromatic heterocycles. The molecular weight excluding hydrogens is 252 g/mol. The van der Waals surface area contributed by atoms with Crippen LogP contribution in [0.3, 0.4) is 0 Å². The molecule has 1 fully saturated rings. The molecule has 2 rings (SSSR count). The maximum Gasteiger partial charge on any atom is 0.0416 e. The third-order valence-electron chi connectivity index (χ3n) is 4.26. The standard InChI is InChI=1S/C16H28N2S/c1-12(2)18(11-15-7-9-17-10-8-15)14(4)16-6-5-13(3)19-16/h5-6,12,14-15,17H,7-11H2,1-4H3. The first-order valence-corrected chi connectivity index (χ1v) is 8.42. The van der Waals surface area contributed by atoms with E-state index in [0.717, 1.165) is 5.92 Å². The molecule has 1 aliphatic rings. The normalized spacial score (nSPS) is 19.3. The lowest BCUT2D eigenvalue weighted by Crippen LogP contribution is -2.40. The molecule has 0 amide bonds. The molecule has 19 heavy (non-hydrogen) atoms. The van der Waals surface area contributed by atoms with Crippen molar-refractivity contribution in [2.75, 3.05) is 19.6 Å². The van der Waals surface area contributed by atoms with Crippen molar-refractivity contribution in [3.05, 3.63) is 21.9 Å². The highest BCUT2D eigenvalue weighted by atomic mass is 32.1. The van der Waals surface area contributed by atoms with Crippen LogP contribution in [0.5, 0.6) is 0 Å². The van der Waals surface area contributed by atoms with Gasteiger partial charge in [-0.3, -0.25) is 4.90 Å². The van der Waals surface area contributed by atoms with Crippen LogP contribution in [0.4, 0.5) is 0 Å². The summed E-state index contributed by atoms with van der Waals surface area (Å²) in [5.74, 6) is 0.868. The molecule has 0 saturated carbocycles. The number of rotatable bonds is 5. The first-order chi connectivity index (χ1) is 9.08. The number of hydrogen-bond acceptors (Lipinski definition) is 3. The van der Waals surface area contributed by atoms with Crippen molar-refractivity contribution in [3.63, 3.8) is 0 Å². The van der Waals surface area contributed by atoms with E-state index in [4.69, 9.17) is 0 Å². The summed E-state index contributed by atoms with van der Waals surface area (Å²) in [6.45, 7) is 12.9. The summed E-state index contributed by atoms with van der Waals surface area (Å²) < 4.78 is 0. The highest BCUT2D eigenvalue weighted by Gasteiger charge is 2.24. The van der Waals surface area contributed by atoms with E-state index >= 15 is 0 Å². The molecule has 0 spiro atoms. The molecule has 1 unspecified atom stereocenters. The molecule has 2 nitrogen and oxygen atoms in total. The van der Waals surface area contributed by atoms with Crippen molar-refractivity contribution in [2.24, 2.45) is 5.92 Å². The van der Waals surface area contributed by atoms with Gasteiger partial charge in [-0.05, 0) is 71.7 Å². The van der Waals surface area contributed by atoms with Crippen LogP contribution in [0.15, 0.2) is 12.1 Å². The van der Waals surface area contributed by atoms with Gasteiger partial charge in [0.25, 0.3) is 0 Å². The van der Waals surface area contributed by atoms with Gasteiger partial charge in [0.2, 0.25) is 0 Å². The number of aryl methyl sites for hydroxylation is 1. The average molecular weight is 280 g/mol. The lowest BCUT2D eigenvalue weighted by Gasteiger charge is -2.36. The summed E-state index contributed by atoms with van der Waals surface area (Å²) in [5, 5.41) is 3.46. The fourth-order valence-corrected chi connectivity index (χ4v) is 3.97. The quantitative estimate of drug-likeness (QED) is 0.882. The van der Waals surface area contributed by atoms with E-state index in [0.29, 0.717) is 12.1 Å². The molecule has 2 heterocycles. The average Bonchev–Trinajstić information content (AvgIpc) is 2.83. The molecule has 0 aliphatic carbocycles. The van der Waals surface area contributed by atoms with Crippen LogP contribution in [-0.4, -0.2) is 30.6 Å². The Bertz CT molecular complexity index is 380. The molecular formula is C16H28N2S. The zero-order chi connectivity index (χ0) is 13.8. The molecule has 0 radical (unpaired) electrons. The predicted octanol–water partition coefficient (Wildman–Crippen LogP) is 3.83. The molecule has 3 heteroatoms. The van der Waals surface area contributed by atoms with E-state index in [1.165, 1.54) is 42.2 Å². The molecule has 1 saturated heterocycles. The Hall–Kier alpha value is -0.380. The minimum Gasteiger partial charge on any atom is -0.317 e. The summed E-state index contributed by atoms with van der Waals surface area (Å²) in [6.07, 6.45) is 2.67. The molecule has 1 N–H and O–H groups in total. The Labute approximate surface area is 122 Å². The van der Waals surface area contributed by atoms with Crippen LogP contribution in [0.25, 0.3) is 0 Å². The molecule has 1 aromatic rings. The third kappa shape index (κ3) is 4.04. The Kier molecular flexibility index (Phi) is 5.43. The van der Waals surface area contributed by atoms with Crippen LogP contribution >= 0.6 is 11.3 Å². The molecule has 1 atom stereocenters. The van der Waals surface area contributed by atoms with Gasteiger partial charge in [0.15, 0.2) is 0 Å². The first kappa shape index (κ1) is 15.0. The van der Waals surface area contributed by atoms with Gasteiger partial charge >= 0.3 is 0 Å². The lowest BCUT2D eigenvalue weighted by molar-refractivity contribution is 0.127. The fraction of sp³-hybridized carbons (Fsp3) is 0.750. The second-order valence-electron chi connectivity index (χ2n) is 6.11. The fourth-order valence-electron chi connectivity index (χ4n) is 3.02. The van der Waals surface area contributed by atoms with E-state index in [1.54, 1.807) is 0 Å². The second kappa shape index (κ2) is 6.87. The molecule has 0 aromatic carbocycles. The van der Waals surface area contributed by atoms with Gasteiger partial charge in [-0.2, -0.15) is 0 Å². The number of hydrogen-bond donors (Lipinski definition) is 1. The predicted molar refractivity (Wildman–Crippen MR) is 84.9 cm³/mol. The van der Waals surface area contributed by atoms with Crippen LogP contribution in [-0.2, 0) is 0 Å². The highest BCUT2D eigenvalue weighted by molar-refractivity contribution is 7.12. The minimum atomic E-state index is 0.550. The van der Waals surface area contributed by atoms with Crippen molar-refractivity contribution in [1.82, 2.24) is 10.2 Å². The first-order valence-electron chi connectivity index (χ1n) is 7.60. The number of nitrogens with zero attached hydrogens (tertiary/aromatic N) is 1. The van der Waals surface area contributed by atoms with Crippen molar-refractivity contribution in [3.8, 4) is 0 Å². The van der Waals surface area contributed by atoms with Crippen molar-refractivity contribution < 1.29 is 0 Å². The van der Waals surface area contributed by atoms with Crippen molar-refractivity contribution >= 4 is 11.3 Å². The van der Waals surface area contributed by atoms with E-state index in [-0.39, 0.29) is 0 Å². The lowest BCUT2D eigenvalue weighted by atomic mass is 9.96. The minimum absolute atomic E-state index is 0.550. The highest BCUT2D eigenvalue weighted by Crippen LogP contribution is 2.30. The Morgan fingerprint density at radius 2 is 1.95 bits per heavy atom. The summed E-state index contributed by atoms with van der Waals surface area (Å²) in [5.41, 5.74) is 0. The van der Waals surface area contributed by atoms with Gasteiger partial charge in [0.05, 0.1) is 0 Å².